The van der Waals surface area contributed by atoms with Crippen LogP contribution < -0.4 is 0 Å². The van der Waals surface area contributed by atoms with E-state index < -0.39 is 12.2 Å². The molecular weight excluding hydrogens is 302 g/mol. The third-order valence-electron chi connectivity index (χ3n) is 4.42. The Balaban J connectivity index is 1.90. The number of ether oxygens (including phenoxy) is 1. The molecule has 0 radical (unpaired) electrons. The van der Waals surface area contributed by atoms with Gasteiger partial charge in [0.1, 0.15) is 12.2 Å². The van der Waals surface area contributed by atoms with Crippen LogP contribution in [0.2, 0.25) is 0 Å². The van der Waals surface area contributed by atoms with Gasteiger partial charge in [0.2, 0.25) is 0 Å². The summed E-state index contributed by atoms with van der Waals surface area (Å²) >= 11 is 0. The predicted molar refractivity (Wildman–Crippen MR) is 92.3 cm³/mol. The Bertz CT molecular complexity index is 672. The minimum absolute atomic E-state index is 0.0538. The van der Waals surface area contributed by atoms with Crippen molar-refractivity contribution in [3.63, 3.8) is 0 Å². The first kappa shape index (κ1) is 16.7. The molecule has 0 aliphatic carbocycles. The molecule has 1 aliphatic rings. The number of hydrogen-bond donors (Lipinski definition) is 1. The minimum atomic E-state index is -0.980. The van der Waals surface area contributed by atoms with Crippen LogP contribution in [0, 0.1) is 0 Å². The number of carbonyl (C=O) groups excluding carboxylic acids is 1. The summed E-state index contributed by atoms with van der Waals surface area (Å²) in [5, 5.41) is 10.7. The highest BCUT2D eigenvalue weighted by Gasteiger charge is 2.41. The van der Waals surface area contributed by atoms with Crippen LogP contribution in [0.4, 0.5) is 0 Å². The molecule has 0 aromatic heterocycles. The molecule has 0 saturated carbocycles. The predicted octanol–water partition coefficient (Wildman–Crippen LogP) is 3.10. The van der Waals surface area contributed by atoms with E-state index in [9.17, 15) is 9.90 Å². The summed E-state index contributed by atoms with van der Waals surface area (Å²) < 4.78 is 6.04. The Hall–Kier alpha value is -2.17. The van der Waals surface area contributed by atoms with Crippen molar-refractivity contribution in [3.05, 3.63) is 71.8 Å². The van der Waals surface area contributed by atoms with Gasteiger partial charge in [-0.3, -0.25) is 4.79 Å². The number of amides is 1. The van der Waals surface area contributed by atoms with Crippen molar-refractivity contribution in [2.75, 3.05) is 6.54 Å². The lowest BCUT2D eigenvalue weighted by atomic mass is 9.99. The molecule has 1 fully saturated rings. The number of morpholine rings is 1. The molecule has 3 rings (SSSR count). The van der Waals surface area contributed by atoms with Crippen LogP contribution in [-0.2, 0) is 9.53 Å². The zero-order chi connectivity index (χ0) is 17.1. The summed E-state index contributed by atoms with van der Waals surface area (Å²) in [5.74, 6) is -0.159. The second-order valence-corrected chi connectivity index (χ2v) is 6.40. The maximum atomic E-state index is 12.8. The highest BCUT2D eigenvalue weighted by Crippen LogP contribution is 2.32. The molecule has 2 aromatic carbocycles. The SMILES string of the molecule is CC(C)N1CC(c2ccccc2)OC(C(O)c2ccccc2)C1=O. The molecule has 1 aliphatic heterocycles. The van der Waals surface area contributed by atoms with Crippen molar-refractivity contribution >= 4 is 5.91 Å². The molecule has 4 heteroatoms. The second kappa shape index (κ2) is 7.16. The Labute approximate surface area is 142 Å². The normalized spacial score (nSPS) is 22.7. The van der Waals surface area contributed by atoms with Crippen LogP contribution in [-0.4, -0.2) is 34.6 Å². The summed E-state index contributed by atoms with van der Waals surface area (Å²) in [6, 6.07) is 19.1. The third kappa shape index (κ3) is 3.35. The lowest BCUT2D eigenvalue weighted by Crippen LogP contribution is -2.53. The smallest absolute Gasteiger partial charge is 0.255 e. The Morgan fingerprint density at radius 1 is 1.04 bits per heavy atom. The number of nitrogens with zero attached hydrogens (tertiary/aromatic N) is 1. The standard InChI is InChI=1S/C20H23NO3/c1-14(2)21-13-17(15-9-5-3-6-10-15)24-19(20(21)23)18(22)16-11-7-4-8-12-16/h3-12,14,17-19,22H,13H2,1-2H3. The monoisotopic (exact) mass is 325 g/mol. The zero-order valence-corrected chi connectivity index (χ0v) is 14.0. The molecule has 0 spiro atoms. The zero-order valence-electron chi connectivity index (χ0n) is 14.0. The molecule has 1 saturated heterocycles. The lowest BCUT2D eigenvalue weighted by molar-refractivity contribution is -0.178. The Kier molecular flexibility index (Phi) is 4.97. The molecule has 24 heavy (non-hydrogen) atoms. The molecule has 0 bridgehead atoms. The first-order valence-corrected chi connectivity index (χ1v) is 8.32. The highest BCUT2D eigenvalue weighted by molar-refractivity contribution is 5.83. The van der Waals surface area contributed by atoms with Gasteiger partial charge in [-0.15, -0.1) is 0 Å². The number of hydrogen-bond acceptors (Lipinski definition) is 3. The van der Waals surface area contributed by atoms with E-state index in [4.69, 9.17) is 4.74 Å². The second-order valence-electron chi connectivity index (χ2n) is 6.40. The fourth-order valence-electron chi connectivity index (χ4n) is 3.06. The minimum Gasteiger partial charge on any atom is -0.385 e. The van der Waals surface area contributed by atoms with Gasteiger partial charge in [-0.05, 0) is 25.0 Å². The summed E-state index contributed by atoms with van der Waals surface area (Å²) in [5.41, 5.74) is 1.70. The molecule has 2 aromatic rings. The van der Waals surface area contributed by atoms with Crippen molar-refractivity contribution in [2.24, 2.45) is 0 Å². The van der Waals surface area contributed by atoms with Crippen LogP contribution in [0.3, 0.4) is 0 Å². The van der Waals surface area contributed by atoms with Crippen LogP contribution in [0.1, 0.15) is 37.2 Å². The summed E-state index contributed by atoms with van der Waals surface area (Å²) in [6.07, 6.45) is -2.12. The molecular formula is C20H23NO3. The highest BCUT2D eigenvalue weighted by atomic mass is 16.5. The van der Waals surface area contributed by atoms with Gasteiger partial charge in [0, 0.05) is 6.04 Å². The third-order valence-corrected chi connectivity index (χ3v) is 4.42. The number of rotatable bonds is 4. The molecule has 4 nitrogen and oxygen atoms in total. The molecule has 1 amide bonds. The van der Waals surface area contributed by atoms with Crippen molar-refractivity contribution in [3.8, 4) is 0 Å². The van der Waals surface area contributed by atoms with E-state index in [0.29, 0.717) is 12.1 Å². The largest absolute Gasteiger partial charge is 0.385 e. The van der Waals surface area contributed by atoms with Gasteiger partial charge >= 0.3 is 0 Å². The van der Waals surface area contributed by atoms with Gasteiger partial charge in [-0.1, -0.05) is 60.7 Å². The topological polar surface area (TPSA) is 49.8 Å². The van der Waals surface area contributed by atoms with E-state index in [-0.39, 0.29) is 18.1 Å². The summed E-state index contributed by atoms with van der Waals surface area (Å²) in [7, 11) is 0. The molecule has 1 N–H and O–H groups in total. The van der Waals surface area contributed by atoms with Gasteiger partial charge in [-0.2, -0.15) is 0 Å². The molecule has 3 unspecified atom stereocenters. The van der Waals surface area contributed by atoms with E-state index in [0.717, 1.165) is 5.56 Å². The lowest BCUT2D eigenvalue weighted by Gasteiger charge is -2.41. The quantitative estimate of drug-likeness (QED) is 0.940. The van der Waals surface area contributed by atoms with Crippen molar-refractivity contribution < 1.29 is 14.6 Å². The fourth-order valence-corrected chi connectivity index (χ4v) is 3.06. The first-order valence-electron chi connectivity index (χ1n) is 8.32. The maximum absolute atomic E-state index is 12.8. The van der Waals surface area contributed by atoms with Gasteiger partial charge in [-0.25, -0.2) is 0 Å². The Morgan fingerprint density at radius 3 is 2.21 bits per heavy atom. The molecule has 126 valence electrons. The number of aliphatic hydroxyl groups excluding tert-OH is 1. The first-order chi connectivity index (χ1) is 11.6. The van der Waals surface area contributed by atoms with E-state index >= 15 is 0 Å². The van der Waals surface area contributed by atoms with Crippen LogP contribution >= 0.6 is 0 Å². The average Bonchev–Trinajstić information content (AvgIpc) is 2.62. The number of aliphatic hydroxyl groups is 1. The van der Waals surface area contributed by atoms with Crippen molar-refractivity contribution in [2.45, 2.75) is 38.2 Å². The van der Waals surface area contributed by atoms with E-state index in [1.54, 1.807) is 4.90 Å². The summed E-state index contributed by atoms with van der Waals surface area (Å²) in [4.78, 5) is 14.6. The fraction of sp³-hybridized carbons (Fsp3) is 0.350. The van der Waals surface area contributed by atoms with E-state index in [1.165, 1.54) is 0 Å². The molecule has 1 heterocycles. The van der Waals surface area contributed by atoms with Crippen LogP contribution in [0.15, 0.2) is 60.7 Å². The maximum Gasteiger partial charge on any atom is 0.255 e. The number of carbonyl (C=O) groups is 1. The van der Waals surface area contributed by atoms with Gasteiger partial charge in [0.15, 0.2) is 6.10 Å². The van der Waals surface area contributed by atoms with Crippen LogP contribution in [0.25, 0.3) is 0 Å². The number of benzene rings is 2. The summed E-state index contributed by atoms with van der Waals surface area (Å²) in [6.45, 7) is 4.47. The van der Waals surface area contributed by atoms with Crippen molar-refractivity contribution in [1.29, 1.82) is 0 Å². The van der Waals surface area contributed by atoms with Gasteiger partial charge < -0.3 is 14.7 Å². The molecule has 3 atom stereocenters. The van der Waals surface area contributed by atoms with Crippen molar-refractivity contribution in [1.82, 2.24) is 4.90 Å². The van der Waals surface area contributed by atoms with E-state index in [2.05, 4.69) is 0 Å². The van der Waals surface area contributed by atoms with Gasteiger partial charge in [0.05, 0.1) is 6.54 Å². The average molecular weight is 325 g/mol. The van der Waals surface area contributed by atoms with Gasteiger partial charge in [0.25, 0.3) is 5.91 Å². The van der Waals surface area contributed by atoms with E-state index in [1.807, 2.05) is 74.5 Å². The Morgan fingerprint density at radius 2 is 1.62 bits per heavy atom. The van der Waals surface area contributed by atoms with Crippen LogP contribution in [0.5, 0.6) is 0 Å².